The molecule has 3 aliphatic rings. The van der Waals surface area contributed by atoms with Crippen LogP contribution in [0.5, 0.6) is 0 Å². The average molecular weight is 644 g/mol. The number of H-pyrrole nitrogens is 1. The normalized spacial score (nSPS) is 22.0. The van der Waals surface area contributed by atoms with Gasteiger partial charge in [0.25, 0.3) is 0 Å². The summed E-state index contributed by atoms with van der Waals surface area (Å²) in [6.45, 7) is 5.82. The van der Waals surface area contributed by atoms with Gasteiger partial charge in [-0.2, -0.15) is 5.21 Å². The van der Waals surface area contributed by atoms with Crippen molar-refractivity contribution in [2.24, 2.45) is 0 Å². The Hall–Kier alpha value is -4.98. The van der Waals surface area contributed by atoms with Gasteiger partial charge in [0.05, 0.1) is 6.54 Å². The van der Waals surface area contributed by atoms with E-state index in [1.807, 2.05) is 60.7 Å². The third-order valence-electron chi connectivity index (χ3n) is 7.63. The molecule has 1 aromatic heterocycles. The molecule has 3 aliphatic heterocycles. The number of aromatic nitrogens is 4. The highest BCUT2D eigenvalue weighted by Crippen LogP contribution is 2.42. The van der Waals surface area contributed by atoms with Crippen LogP contribution < -0.4 is 5.32 Å². The topological polar surface area (TPSA) is 160 Å². The van der Waals surface area contributed by atoms with Gasteiger partial charge in [0.1, 0.15) is 17.0 Å². The van der Waals surface area contributed by atoms with E-state index in [-0.39, 0.29) is 12.5 Å². The van der Waals surface area contributed by atoms with Crippen molar-refractivity contribution in [1.29, 1.82) is 0 Å². The predicted octanol–water partition coefficient (Wildman–Crippen LogP) is 3.25. The van der Waals surface area contributed by atoms with Crippen LogP contribution in [0.25, 0.3) is 0 Å². The molecule has 0 bridgehead atoms. The Morgan fingerprint density at radius 3 is 2.37 bits per heavy atom. The van der Waals surface area contributed by atoms with Crippen molar-refractivity contribution < 1.29 is 28.7 Å². The van der Waals surface area contributed by atoms with Crippen molar-refractivity contribution in [2.45, 2.75) is 62.9 Å². The van der Waals surface area contributed by atoms with Crippen LogP contribution in [-0.4, -0.2) is 83.9 Å². The fourth-order valence-corrected chi connectivity index (χ4v) is 6.74. The summed E-state index contributed by atoms with van der Waals surface area (Å²) in [5.74, 6) is -0.962. The van der Waals surface area contributed by atoms with Crippen molar-refractivity contribution in [3.63, 3.8) is 0 Å². The molecule has 46 heavy (non-hydrogen) atoms. The van der Waals surface area contributed by atoms with Gasteiger partial charge in [-0.1, -0.05) is 65.9 Å². The molecule has 2 aromatic carbocycles. The molecule has 6 rings (SSSR count). The maximum absolute atomic E-state index is 14.2. The summed E-state index contributed by atoms with van der Waals surface area (Å²) >= 11 is 1.28. The second-order valence-corrected chi connectivity index (χ2v) is 13.0. The highest BCUT2D eigenvalue weighted by Gasteiger charge is 2.56. The molecular formula is C32H33N7O6S. The number of thioether (sulfide) groups is 1. The Morgan fingerprint density at radius 2 is 1.76 bits per heavy atom. The fourth-order valence-electron chi connectivity index (χ4n) is 5.55. The molecule has 13 nitrogen and oxygen atoms in total. The smallest absolute Gasteiger partial charge is 0.408 e. The van der Waals surface area contributed by atoms with Crippen LogP contribution >= 0.6 is 11.8 Å². The summed E-state index contributed by atoms with van der Waals surface area (Å²) in [4.78, 5) is 56.7. The Kier molecular flexibility index (Phi) is 8.63. The van der Waals surface area contributed by atoms with Gasteiger partial charge in [-0.3, -0.25) is 9.59 Å². The van der Waals surface area contributed by atoms with Gasteiger partial charge in [0.2, 0.25) is 11.8 Å². The number of benzene rings is 2. The number of nitrogens with one attached hydrogen (secondary N) is 2. The second-order valence-electron chi connectivity index (χ2n) is 12.0. The minimum Gasteiger partial charge on any atom is -0.451 e. The van der Waals surface area contributed by atoms with Crippen LogP contribution in [0.2, 0.25) is 0 Å². The second kappa shape index (κ2) is 12.8. The van der Waals surface area contributed by atoms with E-state index in [2.05, 4.69) is 25.9 Å². The van der Waals surface area contributed by atoms with Crippen LogP contribution in [0.1, 0.15) is 50.2 Å². The van der Waals surface area contributed by atoms with Crippen molar-refractivity contribution in [3.05, 3.63) is 100 Å². The maximum Gasteiger partial charge on any atom is 0.408 e. The molecule has 2 N–H and O–H groups in total. The van der Waals surface area contributed by atoms with Crippen LogP contribution in [0, 0.1) is 0 Å². The third-order valence-corrected chi connectivity index (χ3v) is 8.81. The Labute approximate surface area is 269 Å². The zero-order chi connectivity index (χ0) is 32.4. The molecule has 3 aromatic rings. The first-order valence-electron chi connectivity index (χ1n) is 14.8. The van der Waals surface area contributed by atoms with Gasteiger partial charge in [-0.15, -0.1) is 22.0 Å². The highest BCUT2D eigenvalue weighted by atomic mass is 32.2. The van der Waals surface area contributed by atoms with E-state index >= 15 is 0 Å². The number of likely N-dealkylation sites (tertiary alicyclic amines) is 1. The van der Waals surface area contributed by atoms with Gasteiger partial charge in [-0.25, -0.2) is 9.59 Å². The van der Waals surface area contributed by atoms with Crippen LogP contribution in [0.3, 0.4) is 0 Å². The van der Waals surface area contributed by atoms with Crippen molar-refractivity contribution in [2.75, 3.05) is 6.54 Å². The van der Waals surface area contributed by atoms with Gasteiger partial charge in [-0.05, 0) is 55.4 Å². The largest absolute Gasteiger partial charge is 0.451 e. The van der Waals surface area contributed by atoms with E-state index in [0.717, 1.165) is 11.1 Å². The van der Waals surface area contributed by atoms with E-state index in [1.54, 1.807) is 37.2 Å². The number of hydrogen-bond donors (Lipinski definition) is 2. The minimum absolute atomic E-state index is 0.187. The van der Waals surface area contributed by atoms with E-state index in [4.69, 9.17) is 9.47 Å². The van der Waals surface area contributed by atoms with E-state index < -0.39 is 47.1 Å². The lowest BCUT2D eigenvalue weighted by Gasteiger charge is -2.51. The lowest BCUT2D eigenvalue weighted by atomic mass is 9.95. The molecule has 0 aliphatic carbocycles. The lowest BCUT2D eigenvalue weighted by Crippen LogP contribution is -2.74. The number of alkyl carbamates (subject to hydrolysis) is 1. The number of rotatable bonds is 8. The Balaban J connectivity index is 1.29. The number of aromatic amines is 1. The standard InChI is InChI=1S/C32H33N7O6S/c1-32(2,3)45-31(43)33-24-28(41)39-25(30(42)44-26(19-10-6-4-7-11-19)20-12-8-5-9-13-20)22(18-46-29(24)39)16-21-14-15-38(27(21)40)17-23-34-36-37-35-23/h4-13,16,18,24-26,29H,14-15,17H2,1-3H3,(H,33,43)(H,34,35,36,37)/b21-16+/t24-,25-,29-/m1/s1. The molecule has 0 spiro atoms. The number of nitrogens with zero attached hydrogens (tertiary/aromatic N) is 5. The molecule has 14 heteroatoms. The number of carbonyl (C=O) groups is 4. The molecule has 0 unspecified atom stereocenters. The Bertz CT molecular complexity index is 1630. The molecular weight excluding hydrogens is 610 g/mol. The average Bonchev–Trinajstić information content (AvgIpc) is 3.68. The summed E-state index contributed by atoms with van der Waals surface area (Å²) in [6, 6.07) is 16.6. The first-order valence-corrected chi connectivity index (χ1v) is 15.7. The van der Waals surface area contributed by atoms with Gasteiger partial charge in [0, 0.05) is 12.1 Å². The number of β-lactam (4-membered cyclic amide) rings is 1. The fraction of sp³-hybridized carbons (Fsp3) is 0.344. The molecule has 3 atom stereocenters. The molecule has 4 heterocycles. The molecule has 0 radical (unpaired) electrons. The van der Waals surface area contributed by atoms with Crippen molar-refractivity contribution >= 4 is 35.6 Å². The number of tetrazole rings is 1. The monoisotopic (exact) mass is 643 g/mol. The number of amides is 3. The first-order chi connectivity index (χ1) is 22.1. The Morgan fingerprint density at radius 1 is 1.09 bits per heavy atom. The number of fused-ring (bicyclic) bond motifs is 1. The van der Waals surface area contributed by atoms with E-state index in [1.165, 1.54) is 16.7 Å². The summed E-state index contributed by atoms with van der Waals surface area (Å²) in [5.41, 5.74) is 1.69. The summed E-state index contributed by atoms with van der Waals surface area (Å²) in [6.07, 6.45) is 0.614. The summed E-state index contributed by atoms with van der Waals surface area (Å²) in [5, 5.41) is 17.6. The quantitative estimate of drug-likeness (QED) is 0.212. The van der Waals surface area contributed by atoms with Gasteiger partial charge < -0.3 is 24.6 Å². The predicted molar refractivity (Wildman–Crippen MR) is 166 cm³/mol. The van der Waals surface area contributed by atoms with E-state index in [9.17, 15) is 19.2 Å². The zero-order valence-corrected chi connectivity index (χ0v) is 26.3. The highest BCUT2D eigenvalue weighted by molar-refractivity contribution is 8.03. The summed E-state index contributed by atoms with van der Waals surface area (Å²) in [7, 11) is 0. The minimum atomic E-state index is -1.16. The zero-order valence-electron chi connectivity index (χ0n) is 25.5. The van der Waals surface area contributed by atoms with Crippen molar-refractivity contribution in [1.82, 2.24) is 35.7 Å². The molecule has 0 saturated carbocycles. The molecule has 2 saturated heterocycles. The van der Waals surface area contributed by atoms with E-state index in [0.29, 0.717) is 29.9 Å². The SMILES string of the molecule is CC(C)(C)OC(=O)N[C@@H]1C(=O)N2[C@@H](C(=O)OC(c3ccccc3)c3ccccc3)C(/C=C3\CCN(Cc4nn[nH]n4)C3=O)=CS[C@H]12. The number of esters is 1. The number of carbonyl (C=O) groups excluding carboxylic acids is 4. The number of hydrogen-bond acceptors (Lipinski definition) is 10. The maximum atomic E-state index is 14.2. The number of ether oxygens (including phenoxy) is 2. The van der Waals surface area contributed by atoms with Crippen LogP contribution in [0.15, 0.2) is 83.3 Å². The van der Waals surface area contributed by atoms with Gasteiger partial charge >= 0.3 is 12.1 Å². The van der Waals surface area contributed by atoms with Crippen molar-refractivity contribution in [3.8, 4) is 0 Å². The van der Waals surface area contributed by atoms with Gasteiger partial charge in [0.15, 0.2) is 18.0 Å². The van der Waals surface area contributed by atoms with Crippen LogP contribution in [-0.2, 0) is 30.4 Å². The van der Waals surface area contributed by atoms with Crippen LogP contribution in [0.4, 0.5) is 4.79 Å². The molecule has 2 fully saturated rings. The first kappa shape index (κ1) is 31.0. The molecule has 3 amide bonds. The molecule has 238 valence electrons. The summed E-state index contributed by atoms with van der Waals surface area (Å²) < 4.78 is 11.6. The lowest BCUT2D eigenvalue weighted by molar-refractivity contribution is -0.164. The third kappa shape index (κ3) is 6.52.